The van der Waals surface area contributed by atoms with E-state index in [0.29, 0.717) is 11.5 Å². The van der Waals surface area contributed by atoms with E-state index in [2.05, 4.69) is 49.4 Å². The van der Waals surface area contributed by atoms with Crippen LogP contribution in [0.2, 0.25) is 0 Å². The van der Waals surface area contributed by atoms with Crippen LogP contribution < -0.4 is 17.0 Å². The number of aliphatic hydroxyl groups excluding tert-OH is 1. The molecule has 3 heteroatoms. The number of halogens is 1. The molecule has 3 aliphatic rings. The van der Waals surface area contributed by atoms with Gasteiger partial charge in [0, 0.05) is 23.8 Å². The van der Waals surface area contributed by atoms with E-state index in [1.807, 2.05) is 0 Å². The molecule has 0 amide bonds. The van der Waals surface area contributed by atoms with E-state index < -0.39 is 0 Å². The van der Waals surface area contributed by atoms with Gasteiger partial charge in [-0.2, -0.15) is 0 Å². The Morgan fingerprint density at radius 2 is 1.88 bits per heavy atom. The summed E-state index contributed by atoms with van der Waals surface area (Å²) in [6, 6.07) is 15.5. The minimum absolute atomic E-state index is 0. The van der Waals surface area contributed by atoms with E-state index in [0.717, 1.165) is 23.5 Å². The first kappa shape index (κ1) is 16.6. The van der Waals surface area contributed by atoms with Crippen molar-refractivity contribution in [2.45, 2.75) is 44.4 Å². The summed E-state index contributed by atoms with van der Waals surface area (Å²) in [6.07, 6.45) is 3.82. The van der Waals surface area contributed by atoms with Gasteiger partial charge in [-0.3, -0.25) is 0 Å². The zero-order valence-corrected chi connectivity index (χ0v) is 15.9. The van der Waals surface area contributed by atoms with Crippen LogP contribution in [0.5, 0.6) is 0 Å². The summed E-state index contributed by atoms with van der Waals surface area (Å²) in [5, 5.41) is 13.5. The molecule has 2 aromatic carbocycles. The lowest BCUT2D eigenvalue weighted by Gasteiger charge is -2.44. The Bertz CT molecular complexity index is 772. The molecule has 5 atom stereocenters. The summed E-state index contributed by atoms with van der Waals surface area (Å²) in [6.45, 7) is 5.78. The van der Waals surface area contributed by atoms with Crippen molar-refractivity contribution in [3.8, 4) is 0 Å². The first-order valence-electron chi connectivity index (χ1n) is 9.15. The highest BCUT2D eigenvalue weighted by molar-refractivity contribution is 5.85. The molecule has 0 bridgehead atoms. The molecular formula is C21H26BrNO. The summed E-state index contributed by atoms with van der Waals surface area (Å²) < 4.78 is 1.12. The highest BCUT2D eigenvalue weighted by Gasteiger charge is 2.70. The first-order chi connectivity index (χ1) is 11.1. The molecule has 24 heavy (non-hydrogen) atoms. The maximum atomic E-state index is 10.7. The predicted octanol–water partition coefficient (Wildman–Crippen LogP) is 0.724. The fourth-order valence-electron chi connectivity index (χ4n) is 6.51. The van der Waals surface area contributed by atoms with E-state index >= 15 is 0 Å². The van der Waals surface area contributed by atoms with Gasteiger partial charge in [0.2, 0.25) is 0 Å². The molecule has 1 aliphatic carbocycles. The maximum Gasteiger partial charge on any atom is 0.112 e. The molecule has 2 nitrogen and oxygen atoms in total. The third-order valence-electron chi connectivity index (χ3n) is 7.68. The van der Waals surface area contributed by atoms with Crippen LogP contribution >= 0.6 is 0 Å². The monoisotopic (exact) mass is 387 g/mol. The number of nitrogens with zero attached hydrogens (tertiary/aromatic N) is 1. The van der Waals surface area contributed by atoms with E-state index in [4.69, 9.17) is 0 Å². The molecule has 2 heterocycles. The van der Waals surface area contributed by atoms with Crippen LogP contribution in [0.3, 0.4) is 0 Å². The van der Waals surface area contributed by atoms with Crippen molar-refractivity contribution in [1.29, 1.82) is 0 Å². The lowest BCUT2D eigenvalue weighted by molar-refractivity contribution is -0.965. The summed E-state index contributed by atoms with van der Waals surface area (Å²) in [5.41, 5.74) is 1.76. The van der Waals surface area contributed by atoms with Crippen LogP contribution in [-0.2, 0) is 6.54 Å². The third kappa shape index (κ3) is 1.95. The largest absolute Gasteiger partial charge is 1.00 e. The van der Waals surface area contributed by atoms with Crippen LogP contribution in [0, 0.1) is 11.8 Å². The van der Waals surface area contributed by atoms with Gasteiger partial charge in [-0.15, -0.1) is 0 Å². The van der Waals surface area contributed by atoms with Crippen molar-refractivity contribution >= 4 is 10.8 Å². The SMILES string of the molecule is C[C@@]12[C@H]3CC[C@@H]1[C@H](O)C[N@+]2(Cc1cccc2ccccc12)CC3.[Br-]. The zero-order valence-electron chi connectivity index (χ0n) is 14.3. The van der Waals surface area contributed by atoms with Gasteiger partial charge >= 0.3 is 0 Å². The third-order valence-corrected chi connectivity index (χ3v) is 7.68. The standard InChI is InChI=1S/C21H26NO.BrH/c1-21-17-9-10-19(21)20(23)14-22(21,12-11-17)13-16-7-4-6-15-5-2-3-8-18(15)16;/h2-8,17,19-20,23H,9-14H2,1H3;1H/q+1;/p-1/t17-,19+,20+,21+,22+;/m0./s1. The van der Waals surface area contributed by atoms with Gasteiger partial charge in [-0.25, -0.2) is 0 Å². The number of quaternary nitrogens is 1. The Morgan fingerprint density at radius 1 is 1.08 bits per heavy atom. The molecule has 0 spiro atoms. The van der Waals surface area contributed by atoms with E-state index in [-0.39, 0.29) is 23.1 Å². The average Bonchev–Trinajstić information content (AvgIpc) is 3.11. The highest BCUT2D eigenvalue weighted by Crippen LogP contribution is 2.60. The normalized spacial score (nSPS) is 39.8. The zero-order chi connectivity index (χ0) is 15.7. The fraction of sp³-hybridized carbons (Fsp3) is 0.524. The van der Waals surface area contributed by atoms with Crippen molar-refractivity contribution in [3.05, 3.63) is 48.0 Å². The van der Waals surface area contributed by atoms with Crippen LogP contribution in [-0.4, -0.2) is 34.3 Å². The maximum absolute atomic E-state index is 10.7. The Hall–Kier alpha value is -0.900. The molecular weight excluding hydrogens is 362 g/mol. The van der Waals surface area contributed by atoms with Crippen LogP contribution in [0.1, 0.15) is 31.7 Å². The number of benzene rings is 2. The number of hydrogen-bond donors (Lipinski definition) is 1. The first-order valence-corrected chi connectivity index (χ1v) is 9.15. The minimum Gasteiger partial charge on any atom is -1.00 e. The molecule has 1 saturated carbocycles. The number of rotatable bonds is 2. The van der Waals surface area contributed by atoms with Crippen molar-refractivity contribution in [3.63, 3.8) is 0 Å². The van der Waals surface area contributed by atoms with E-state index in [1.54, 1.807) is 0 Å². The number of fused-ring (bicyclic) bond motifs is 1. The number of hydrogen-bond acceptors (Lipinski definition) is 1. The van der Waals surface area contributed by atoms with Gasteiger partial charge < -0.3 is 26.6 Å². The Morgan fingerprint density at radius 3 is 2.75 bits per heavy atom. The summed E-state index contributed by atoms with van der Waals surface area (Å²) >= 11 is 0. The molecule has 0 aromatic heterocycles. The fourth-order valence-corrected chi connectivity index (χ4v) is 6.51. The lowest BCUT2D eigenvalue weighted by Crippen LogP contribution is -3.00. The molecule has 128 valence electrons. The van der Waals surface area contributed by atoms with Crippen molar-refractivity contribution in [2.75, 3.05) is 13.1 Å². The van der Waals surface area contributed by atoms with Crippen LogP contribution in [0.15, 0.2) is 42.5 Å². The van der Waals surface area contributed by atoms with Gasteiger partial charge in [0.25, 0.3) is 0 Å². The lowest BCUT2D eigenvalue weighted by atomic mass is 9.83. The molecule has 1 N–H and O–H groups in total. The molecule has 5 rings (SSSR count). The van der Waals surface area contributed by atoms with Gasteiger partial charge in [-0.1, -0.05) is 42.5 Å². The summed E-state index contributed by atoms with van der Waals surface area (Å²) in [5.74, 6) is 1.34. The van der Waals surface area contributed by atoms with E-state index in [1.165, 1.54) is 42.1 Å². The average molecular weight is 388 g/mol. The number of aliphatic hydroxyl groups is 1. The van der Waals surface area contributed by atoms with Gasteiger partial charge in [0.1, 0.15) is 24.7 Å². The molecule has 3 fully saturated rings. The Balaban J connectivity index is 0.00000146. The molecule has 0 unspecified atom stereocenters. The van der Waals surface area contributed by atoms with Crippen molar-refractivity contribution in [2.24, 2.45) is 11.8 Å². The molecule has 2 saturated heterocycles. The highest BCUT2D eigenvalue weighted by atomic mass is 79.9. The second kappa shape index (κ2) is 5.55. The van der Waals surface area contributed by atoms with E-state index in [9.17, 15) is 5.11 Å². The quantitative estimate of drug-likeness (QED) is 0.752. The summed E-state index contributed by atoms with van der Waals surface area (Å²) in [4.78, 5) is 0. The predicted molar refractivity (Wildman–Crippen MR) is 92.9 cm³/mol. The smallest absolute Gasteiger partial charge is 0.112 e. The Labute approximate surface area is 154 Å². The Kier molecular flexibility index (Phi) is 3.83. The second-order valence-electron chi connectivity index (χ2n) is 8.31. The van der Waals surface area contributed by atoms with Crippen LogP contribution in [0.25, 0.3) is 10.8 Å². The molecule has 0 radical (unpaired) electrons. The van der Waals surface area contributed by atoms with Crippen molar-refractivity contribution < 1.29 is 26.6 Å². The topological polar surface area (TPSA) is 20.2 Å². The van der Waals surface area contributed by atoms with Gasteiger partial charge in [-0.05, 0) is 30.5 Å². The molecule has 2 aromatic rings. The minimum atomic E-state index is -0.0970. The summed E-state index contributed by atoms with van der Waals surface area (Å²) in [7, 11) is 0. The van der Waals surface area contributed by atoms with Crippen LogP contribution in [0.4, 0.5) is 0 Å². The van der Waals surface area contributed by atoms with Gasteiger partial charge in [0.15, 0.2) is 0 Å². The van der Waals surface area contributed by atoms with Crippen molar-refractivity contribution in [1.82, 2.24) is 0 Å². The second-order valence-corrected chi connectivity index (χ2v) is 8.31. The molecule has 2 aliphatic heterocycles. The van der Waals surface area contributed by atoms with Gasteiger partial charge in [0.05, 0.1) is 6.54 Å².